The molecule has 0 aliphatic rings. The molecule has 0 fully saturated rings. The standard InChI is InChI=1S/C12H8BrCl2N3O/c13-7-1-3-10(9(15)5-7)17-12(19)18-11-4-2-8(14)6-16-11/h1-6H,(H2,16,17,18,19). The Balaban J connectivity index is 2.03. The Morgan fingerprint density at radius 1 is 1.16 bits per heavy atom. The molecule has 7 heteroatoms. The lowest BCUT2D eigenvalue weighted by Gasteiger charge is -2.08. The number of urea groups is 1. The van der Waals surface area contributed by atoms with Crippen LogP contribution in [0.15, 0.2) is 41.0 Å². The van der Waals surface area contributed by atoms with E-state index in [0.29, 0.717) is 21.6 Å². The lowest BCUT2D eigenvalue weighted by molar-refractivity contribution is 0.262. The third-order valence-electron chi connectivity index (χ3n) is 2.15. The van der Waals surface area contributed by atoms with E-state index in [1.54, 1.807) is 30.3 Å². The Morgan fingerprint density at radius 3 is 2.58 bits per heavy atom. The summed E-state index contributed by atoms with van der Waals surface area (Å²) in [7, 11) is 0. The first-order chi connectivity index (χ1) is 9.04. The highest BCUT2D eigenvalue weighted by atomic mass is 79.9. The van der Waals surface area contributed by atoms with Gasteiger partial charge in [0.1, 0.15) is 5.82 Å². The largest absolute Gasteiger partial charge is 0.324 e. The van der Waals surface area contributed by atoms with E-state index in [0.717, 1.165) is 4.47 Å². The summed E-state index contributed by atoms with van der Waals surface area (Å²) in [4.78, 5) is 15.7. The van der Waals surface area contributed by atoms with Crippen molar-refractivity contribution in [3.63, 3.8) is 0 Å². The molecule has 1 heterocycles. The fourth-order valence-corrected chi connectivity index (χ4v) is 2.14. The number of amides is 2. The minimum atomic E-state index is -0.431. The zero-order valence-corrected chi connectivity index (χ0v) is 12.6. The number of hydrogen-bond donors (Lipinski definition) is 2. The van der Waals surface area contributed by atoms with E-state index in [2.05, 4.69) is 31.5 Å². The highest BCUT2D eigenvalue weighted by Gasteiger charge is 2.06. The summed E-state index contributed by atoms with van der Waals surface area (Å²) in [6.07, 6.45) is 1.45. The Hall–Kier alpha value is -1.30. The van der Waals surface area contributed by atoms with Gasteiger partial charge >= 0.3 is 6.03 Å². The van der Waals surface area contributed by atoms with Gasteiger partial charge in [0, 0.05) is 10.7 Å². The molecule has 0 radical (unpaired) electrons. The SMILES string of the molecule is O=C(Nc1ccc(Cl)cn1)Nc1ccc(Br)cc1Cl. The molecule has 2 N–H and O–H groups in total. The van der Waals surface area contributed by atoms with Crippen LogP contribution in [0.25, 0.3) is 0 Å². The van der Waals surface area contributed by atoms with Gasteiger partial charge in [-0.15, -0.1) is 0 Å². The summed E-state index contributed by atoms with van der Waals surface area (Å²) in [5, 5.41) is 6.13. The van der Waals surface area contributed by atoms with Gasteiger partial charge in [-0.25, -0.2) is 9.78 Å². The third kappa shape index (κ3) is 4.09. The van der Waals surface area contributed by atoms with Gasteiger partial charge in [0.25, 0.3) is 0 Å². The maximum Gasteiger partial charge on any atom is 0.324 e. The maximum absolute atomic E-state index is 11.7. The van der Waals surface area contributed by atoms with Crippen molar-refractivity contribution in [1.29, 1.82) is 0 Å². The van der Waals surface area contributed by atoms with Crippen molar-refractivity contribution < 1.29 is 4.79 Å². The number of benzene rings is 1. The molecule has 0 aliphatic carbocycles. The number of nitrogens with one attached hydrogen (secondary N) is 2. The molecule has 0 spiro atoms. The zero-order chi connectivity index (χ0) is 13.8. The topological polar surface area (TPSA) is 54.0 Å². The van der Waals surface area contributed by atoms with Gasteiger partial charge in [-0.05, 0) is 30.3 Å². The van der Waals surface area contributed by atoms with Gasteiger partial charge in [-0.2, -0.15) is 0 Å². The van der Waals surface area contributed by atoms with Gasteiger partial charge < -0.3 is 5.32 Å². The van der Waals surface area contributed by atoms with Crippen LogP contribution in [0.3, 0.4) is 0 Å². The molecule has 1 aromatic carbocycles. The number of halogens is 3. The molecule has 0 bridgehead atoms. The van der Waals surface area contributed by atoms with Gasteiger partial charge in [-0.3, -0.25) is 5.32 Å². The van der Waals surface area contributed by atoms with Crippen molar-refractivity contribution >= 4 is 56.7 Å². The van der Waals surface area contributed by atoms with Crippen LogP contribution < -0.4 is 10.6 Å². The predicted molar refractivity (Wildman–Crippen MR) is 81.0 cm³/mol. The molecule has 0 saturated heterocycles. The van der Waals surface area contributed by atoms with Crippen molar-refractivity contribution in [1.82, 2.24) is 4.98 Å². The minimum absolute atomic E-state index is 0.398. The van der Waals surface area contributed by atoms with E-state index in [4.69, 9.17) is 23.2 Å². The molecule has 2 rings (SSSR count). The van der Waals surface area contributed by atoms with Crippen LogP contribution in [0.5, 0.6) is 0 Å². The fraction of sp³-hybridized carbons (Fsp3) is 0. The van der Waals surface area contributed by atoms with Gasteiger partial charge in [0.15, 0.2) is 0 Å². The Labute approximate surface area is 128 Å². The second-order valence-electron chi connectivity index (χ2n) is 3.56. The van der Waals surface area contributed by atoms with E-state index >= 15 is 0 Å². The average Bonchev–Trinajstić information content (AvgIpc) is 2.36. The van der Waals surface area contributed by atoms with Crippen LogP contribution in [-0.2, 0) is 0 Å². The smallest absolute Gasteiger partial charge is 0.306 e. The van der Waals surface area contributed by atoms with Gasteiger partial charge in [-0.1, -0.05) is 39.1 Å². The van der Waals surface area contributed by atoms with Crippen LogP contribution in [0.2, 0.25) is 10.0 Å². The predicted octanol–water partition coefficient (Wildman–Crippen LogP) is 4.79. The van der Waals surface area contributed by atoms with Crippen molar-refractivity contribution in [3.05, 3.63) is 51.0 Å². The molecule has 0 aliphatic heterocycles. The summed E-state index contributed by atoms with van der Waals surface area (Å²) < 4.78 is 0.836. The Bertz CT molecular complexity index is 604. The van der Waals surface area contributed by atoms with Crippen molar-refractivity contribution in [2.24, 2.45) is 0 Å². The number of anilines is 2. The molecule has 19 heavy (non-hydrogen) atoms. The van der Waals surface area contributed by atoms with Gasteiger partial charge in [0.05, 0.1) is 15.7 Å². The molecule has 0 saturated carbocycles. The quantitative estimate of drug-likeness (QED) is 0.808. The molecular weight excluding hydrogens is 353 g/mol. The van der Waals surface area contributed by atoms with Crippen LogP contribution in [0.4, 0.5) is 16.3 Å². The van der Waals surface area contributed by atoms with Crippen LogP contribution in [0, 0.1) is 0 Å². The van der Waals surface area contributed by atoms with Gasteiger partial charge in [0.2, 0.25) is 0 Å². The number of hydrogen-bond acceptors (Lipinski definition) is 2. The number of aromatic nitrogens is 1. The fourth-order valence-electron chi connectivity index (χ4n) is 1.31. The molecule has 1 aromatic heterocycles. The lowest BCUT2D eigenvalue weighted by Crippen LogP contribution is -2.20. The average molecular weight is 361 g/mol. The first-order valence-corrected chi connectivity index (χ1v) is 6.74. The van der Waals surface area contributed by atoms with Crippen molar-refractivity contribution in [2.45, 2.75) is 0 Å². The van der Waals surface area contributed by atoms with Crippen LogP contribution in [0.1, 0.15) is 0 Å². The maximum atomic E-state index is 11.7. The molecule has 4 nitrogen and oxygen atoms in total. The number of carbonyl (C=O) groups excluding carboxylic acids is 1. The molecule has 2 aromatic rings. The second-order valence-corrected chi connectivity index (χ2v) is 5.32. The number of nitrogens with zero attached hydrogens (tertiary/aromatic N) is 1. The molecule has 2 amide bonds. The number of rotatable bonds is 2. The molecule has 0 unspecified atom stereocenters. The van der Waals surface area contributed by atoms with Crippen molar-refractivity contribution in [3.8, 4) is 0 Å². The molecular formula is C12H8BrCl2N3O. The van der Waals surface area contributed by atoms with Crippen LogP contribution in [-0.4, -0.2) is 11.0 Å². The van der Waals surface area contributed by atoms with Crippen LogP contribution >= 0.6 is 39.1 Å². The van der Waals surface area contributed by atoms with Crippen molar-refractivity contribution in [2.75, 3.05) is 10.6 Å². The lowest BCUT2D eigenvalue weighted by atomic mass is 10.3. The normalized spacial score (nSPS) is 10.1. The van der Waals surface area contributed by atoms with E-state index in [9.17, 15) is 4.79 Å². The number of pyridine rings is 1. The summed E-state index contributed by atoms with van der Waals surface area (Å²) in [6.45, 7) is 0. The summed E-state index contributed by atoms with van der Waals surface area (Å²) in [5.41, 5.74) is 0.510. The summed E-state index contributed by atoms with van der Waals surface area (Å²) in [5.74, 6) is 0.398. The van der Waals surface area contributed by atoms with E-state index in [-0.39, 0.29) is 0 Å². The highest BCUT2D eigenvalue weighted by Crippen LogP contribution is 2.25. The zero-order valence-electron chi connectivity index (χ0n) is 9.45. The molecule has 98 valence electrons. The number of carbonyl (C=O) groups is 1. The summed E-state index contributed by atoms with van der Waals surface area (Å²) >= 11 is 15.0. The first kappa shape index (κ1) is 14.1. The Kier molecular flexibility index (Phi) is 4.63. The minimum Gasteiger partial charge on any atom is -0.306 e. The Morgan fingerprint density at radius 2 is 1.95 bits per heavy atom. The monoisotopic (exact) mass is 359 g/mol. The third-order valence-corrected chi connectivity index (χ3v) is 3.18. The first-order valence-electron chi connectivity index (χ1n) is 5.19. The molecule has 0 atom stereocenters. The summed E-state index contributed by atoms with van der Waals surface area (Å²) in [6, 6.07) is 7.97. The van der Waals surface area contributed by atoms with E-state index in [1.807, 2.05) is 0 Å². The van der Waals surface area contributed by atoms with E-state index < -0.39 is 6.03 Å². The second kappa shape index (κ2) is 6.23. The van der Waals surface area contributed by atoms with E-state index in [1.165, 1.54) is 6.20 Å². The highest BCUT2D eigenvalue weighted by molar-refractivity contribution is 9.10.